The molecule has 1 aromatic heterocycles. The normalized spacial score (nSPS) is 18.5. The molecule has 0 spiro atoms. The molecule has 0 aliphatic heterocycles. The van der Waals surface area contributed by atoms with Crippen molar-refractivity contribution >= 4 is 0 Å². The summed E-state index contributed by atoms with van der Waals surface area (Å²) < 4.78 is 5.22. The van der Waals surface area contributed by atoms with Crippen LogP contribution in [-0.2, 0) is 5.41 Å². The van der Waals surface area contributed by atoms with Gasteiger partial charge in [0.25, 0.3) is 5.89 Å². The molecular formula is C15H19N3O2. The Kier molecular flexibility index (Phi) is 3.54. The Morgan fingerprint density at radius 2 is 2.05 bits per heavy atom. The Hall–Kier alpha value is -1.72. The lowest BCUT2D eigenvalue weighted by molar-refractivity contribution is 0.127. The summed E-state index contributed by atoms with van der Waals surface area (Å²) in [6, 6.07) is 10.3. The highest BCUT2D eigenvalue weighted by Crippen LogP contribution is 2.47. The zero-order valence-electron chi connectivity index (χ0n) is 11.3. The fraction of sp³-hybridized carbons (Fsp3) is 0.467. The molecule has 1 fully saturated rings. The second kappa shape index (κ2) is 5.34. The maximum absolute atomic E-state index is 9.88. The van der Waals surface area contributed by atoms with Crippen LogP contribution in [-0.4, -0.2) is 21.8 Å². The van der Waals surface area contributed by atoms with Crippen molar-refractivity contribution in [1.29, 1.82) is 0 Å². The van der Waals surface area contributed by atoms with E-state index in [1.54, 1.807) is 0 Å². The Labute approximate surface area is 117 Å². The summed E-state index contributed by atoms with van der Waals surface area (Å²) in [5.74, 6) is 0.952. The van der Waals surface area contributed by atoms with Gasteiger partial charge >= 0.3 is 0 Å². The van der Waals surface area contributed by atoms with Crippen LogP contribution in [0.1, 0.15) is 49.1 Å². The molecule has 0 saturated heterocycles. The summed E-state index contributed by atoms with van der Waals surface area (Å²) in [4.78, 5) is 4.42. The lowest BCUT2D eigenvalue weighted by Crippen LogP contribution is -2.36. The van der Waals surface area contributed by atoms with E-state index < -0.39 is 6.10 Å². The van der Waals surface area contributed by atoms with Gasteiger partial charge in [-0.2, -0.15) is 4.98 Å². The first-order valence-electron chi connectivity index (χ1n) is 7.04. The van der Waals surface area contributed by atoms with Crippen molar-refractivity contribution in [2.75, 3.05) is 6.54 Å². The molecule has 1 atom stereocenters. The predicted octanol–water partition coefficient (Wildman–Crippen LogP) is 1.92. The summed E-state index contributed by atoms with van der Waals surface area (Å²) in [6.07, 6.45) is 2.85. The van der Waals surface area contributed by atoms with Crippen molar-refractivity contribution in [2.24, 2.45) is 5.73 Å². The van der Waals surface area contributed by atoms with Crippen LogP contribution in [0, 0.1) is 0 Å². The summed E-state index contributed by atoms with van der Waals surface area (Å²) in [7, 11) is 0. The maximum Gasteiger partial charge on any atom is 0.255 e. The molecule has 1 heterocycles. The number of rotatable bonds is 5. The van der Waals surface area contributed by atoms with E-state index in [2.05, 4.69) is 22.3 Å². The first kappa shape index (κ1) is 13.3. The predicted molar refractivity (Wildman–Crippen MR) is 74.0 cm³/mol. The molecule has 0 radical (unpaired) electrons. The zero-order valence-corrected chi connectivity index (χ0v) is 11.3. The zero-order chi connectivity index (χ0) is 14.0. The van der Waals surface area contributed by atoms with E-state index in [0.29, 0.717) is 18.8 Å². The molecule has 1 unspecified atom stereocenters. The van der Waals surface area contributed by atoms with Crippen LogP contribution in [0.15, 0.2) is 34.9 Å². The lowest BCUT2D eigenvalue weighted by Gasteiger charge is -2.39. The van der Waals surface area contributed by atoms with Crippen molar-refractivity contribution in [3.05, 3.63) is 47.6 Å². The number of aromatic nitrogens is 2. The maximum atomic E-state index is 9.88. The molecule has 1 aliphatic rings. The van der Waals surface area contributed by atoms with Gasteiger partial charge in [-0.05, 0) is 31.4 Å². The molecule has 106 valence electrons. The number of hydrogen-bond donors (Lipinski definition) is 2. The minimum Gasteiger partial charge on any atom is -0.383 e. The van der Waals surface area contributed by atoms with Crippen LogP contribution >= 0.6 is 0 Å². The number of benzene rings is 1. The number of nitrogens with zero attached hydrogens (tertiary/aromatic N) is 2. The lowest BCUT2D eigenvalue weighted by atomic mass is 9.64. The van der Waals surface area contributed by atoms with Gasteiger partial charge < -0.3 is 15.4 Å². The second-order valence-electron chi connectivity index (χ2n) is 5.35. The average molecular weight is 273 g/mol. The van der Waals surface area contributed by atoms with Gasteiger partial charge in [-0.25, -0.2) is 0 Å². The largest absolute Gasteiger partial charge is 0.383 e. The molecule has 0 amide bonds. The molecular weight excluding hydrogens is 254 g/mol. The van der Waals surface area contributed by atoms with Crippen molar-refractivity contribution < 1.29 is 9.63 Å². The van der Waals surface area contributed by atoms with Gasteiger partial charge in [0.05, 0.1) is 5.41 Å². The fourth-order valence-electron chi connectivity index (χ4n) is 2.78. The number of hydrogen-bond acceptors (Lipinski definition) is 5. The van der Waals surface area contributed by atoms with Crippen LogP contribution in [0.3, 0.4) is 0 Å². The van der Waals surface area contributed by atoms with E-state index in [0.717, 1.165) is 19.3 Å². The number of aliphatic hydroxyl groups is 1. The van der Waals surface area contributed by atoms with E-state index in [4.69, 9.17) is 10.3 Å². The second-order valence-corrected chi connectivity index (χ2v) is 5.35. The highest BCUT2D eigenvalue weighted by Gasteiger charge is 2.44. The SMILES string of the molecule is NCCC(O)c1nc(C2(c3ccccc3)CCC2)no1. The topological polar surface area (TPSA) is 85.2 Å². The number of nitrogens with two attached hydrogens (primary N) is 1. The third-order valence-corrected chi connectivity index (χ3v) is 4.13. The highest BCUT2D eigenvalue weighted by molar-refractivity contribution is 5.35. The van der Waals surface area contributed by atoms with Crippen LogP contribution in [0.25, 0.3) is 0 Å². The summed E-state index contributed by atoms with van der Waals surface area (Å²) in [6.45, 7) is 0.392. The van der Waals surface area contributed by atoms with E-state index in [1.165, 1.54) is 5.56 Å². The monoisotopic (exact) mass is 273 g/mol. The Morgan fingerprint density at radius 3 is 2.65 bits per heavy atom. The van der Waals surface area contributed by atoms with Crippen molar-refractivity contribution in [2.45, 2.75) is 37.2 Å². The minimum atomic E-state index is -0.769. The molecule has 1 saturated carbocycles. The first-order valence-corrected chi connectivity index (χ1v) is 7.04. The molecule has 1 aliphatic carbocycles. The average Bonchev–Trinajstić information content (AvgIpc) is 2.89. The van der Waals surface area contributed by atoms with Crippen molar-refractivity contribution in [3.63, 3.8) is 0 Å². The molecule has 5 nitrogen and oxygen atoms in total. The molecule has 20 heavy (non-hydrogen) atoms. The molecule has 3 rings (SSSR count). The standard InChI is InChI=1S/C15H19N3O2/c16-10-7-12(19)13-17-14(18-20-13)15(8-4-9-15)11-5-2-1-3-6-11/h1-3,5-6,12,19H,4,7-10,16H2. The Morgan fingerprint density at radius 1 is 1.30 bits per heavy atom. The number of aliphatic hydroxyl groups excluding tert-OH is 1. The molecule has 1 aromatic carbocycles. The first-order chi connectivity index (χ1) is 9.76. The van der Waals surface area contributed by atoms with Gasteiger partial charge in [0, 0.05) is 0 Å². The van der Waals surface area contributed by atoms with Crippen LogP contribution in [0.5, 0.6) is 0 Å². The van der Waals surface area contributed by atoms with Crippen LogP contribution < -0.4 is 5.73 Å². The van der Waals surface area contributed by atoms with E-state index >= 15 is 0 Å². The van der Waals surface area contributed by atoms with Crippen molar-refractivity contribution in [3.8, 4) is 0 Å². The van der Waals surface area contributed by atoms with E-state index in [9.17, 15) is 5.11 Å². The third-order valence-electron chi connectivity index (χ3n) is 4.13. The van der Waals surface area contributed by atoms with Crippen LogP contribution in [0.4, 0.5) is 0 Å². The quantitative estimate of drug-likeness (QED) is 0.869. The van der Waals surface area contributed by atoms with Gasteiger partial charge in [-0.15, -0.1) is 0 Å². The molecule has 2 aromatic rings. The highest BCUT2D eigenvalue weighted by atomic mass is 16.5. The molecule has 3 N–H and O–H groups in total. The van der Waals surface area contributed by atoms with Gasteiger partial charge in [-0.3, -0.25) is 0 Å². The Bertz CT molecular complexity index is 564. The molecule has 5 heteroatoms. The van der Waals surface area contributed by atoms with Gasteiger partial charge in [-0.1, -0.05) is 41.9 Å². The fourth-order valence-corrected chi connectivity index (χ4v) is 2.78. The summed E-state index contributed by atoms with van der Waals surface area (Å²) >= 11 is 0. The molecule has 0 bridgehead atoms. The Balaban J connectivity index is 1.91. The van der Waals surface area contributed by atoms with Gasteiger partial charge in [0.2, 0.25) is 0 Å². The summed E-state index contributed by atoms with van der Waals surface area (Å²) in [5.41, 5.74) is 6.51. The third kappa shape index (κ3) is 2.13. The van der Waals surface area contributed by atoms with Gasteiger partial charge in [0.1, 0.15) is 6.10 Å². The van der Waals surface area contributed by atoms with Crippen LogP contribution in [0.2, 0.25) is 0 Å². The smallest absolute Gasteiger partial charge is 0.255 e. The van der Waals surface area contributed by atoms with E-state index in [-0.39, 0.29) is 11.3 Å². The van der Waals surface area contributed by atoms with E-state index in [1.807, 2.05) is 18.2 Å². The minimum absolute atomic E-state index is 0.147. The summed E-state index contributed by atoms with van der Waals surface area (Å²) in [5, 5.41) is 14.0. The van der Waals surface area contributed by atoms with Gasteiger partial charge in [0.15, 0.2) is 5.82 Å². The van der Waals surface area contributed by atoms with Crippen molar-refractivity contribution in [1.82, 2.24) is 10.1 Å².